The Kier molecular flexibility index (Phi) is 4.72. The van der Waals surface area contributed by atoms with Gasteiger partial charge in [0, 0.05) is 11.1 Å². The molecule has 0 aliphatic carbocycles. The number of halogens is 2. The Labute approximate surface area is 130 Å². The largest absolute Gasteiger partial charge is 0.457 e. The van der Waals surface area contributed by atoms with Crippen LogP contribution in [0.4, 0.5) is 10.1 Å². The number of hydrogen-bond acceptors (Lipinski definition) is 4. The fourth-order valence-electron chi connectivity index (χ4n) is 1.95. The highest BCUT2D eigenvalue weighted by Crippen LogP contribution is 2.25. The van der Waals surface area contributed by atoms with Crippen LogP contribution in [0.25, 0.3) is 0 Å². The molecule has 0 atom stereocenters. The van der Waals surface area contributed by atoms with Crippen LogP contribution in [0.1, 0.15) is 21.5 Å². The standard InChI is InChI=1S/C15H11ClFNO4/c1-9-4-2-5-10(14(9)18(20)21)15(19)22-8-11-12(16)6-3-7-13(11)17/h2-7H,8H2,1H3. The van der Waals surface area contributed by atoms with Gasteiger partial charge in [-0.25, -0.2) is 9.18 Å². The Morgan fingerprint density at radius 1 is 1.32 bits per heavy atom. The van der Waals surface area contributed by atoms with Crippen molar-refractivity contribution >= 4 is 23.3 Å². The van der Waals surface area contributed by atoms with Crippen LogP contribution in [-0.4, -0.2) is 10.9 Å². The van der Waals surface area contributed by atoms with E-state index in [-0.39, 0.29) is 21.8 Å². The number of para-hydroxylation sites is 1. The van der Waals surface area contributed by atoms with Crippen molar-refractivity contribution in [3.05, 3.63) is 74.0 Å². The molecular weight excluding hydrogens is 313 g/mol. The molecule has 0 heterocycles. The first kappa shape index (κ1) is 15.9. The topological polar surface area (TPSA) is 69.4 Å². The van der Waals surface area contributed by atoms with E-state index in [1.54, 1.807) is 0 Å². The number of esters is 1. The maximum Gasteiger partial charge on any atom is 0.345 e. The van der Waals surface area contributed by atoms with Crippen molar-refractivity contribution in [2.75, 3.05) is 0 Å². The van der Waals surface area contributed by atoms with Crippen molar-refractivity contribution in [2.45, 2.75) is 13.5 Å². The third-order valence-electron chi connectivity index (χ3n) is 3.05. The first-order valence-electron chi connectivity index (χ1n) is 6.26. The van der Waals surface area contributed by atoms with Gasteiger partial charge in [0.05, 0.1) is 9.95 Å². The van der Waals surface area contributed by atoms with E-state index in [9.17, 15) is 19.3 Å². The van der Waals surface area contributed by atoms with E-state index in [2.05, 4.69) is 0 Å². The normalized spacial score (nSPS) is 10.3. The molecule has 0 aliphatic heterocycles. The second-order valence-electron chi connectivity index (χ2n) is 4.50. The molecule has 0 saturated carbocycles. The van der Waals surface area contributed by atoms with E-state index in [4.69, 9.17) is 16.3 Å². The molecule has 2 aromatic rings. The summed E-state index contributed by atoms with van der Waals surface area (Å²) < 4.78 is 18.5. The van der Waals surface area contributed by atoms with E-state index in [1.165, 1.54) is 43.3 Å². The average Bonchev–Trinajstić information content (AvgIpc) is 2.45. The fraction of sp³-hybridized carbons (Fsp3) is 0.133. The smallest absolute Gasteiger partial charge is 0.345 e. The summed E-state index contributed by atoms with van der Waals surface area (Å²) in [7, 11) is 0. The lowest BCUT2D eigenvalue weighted by molar-refractivity contribution is -0.385. The lowest BCUT2D eigenvalue weighted by Crippen LogP contribution is -2.10. The number of carbonyl (C=O) groups is 1. The summed E-state index contributed by atoms with van der Waals surface area (Å²) in [5.41, 5.74) is -0.152. The number of nitro groups is 1. The molecule has 0 bridgehead atoms. The van der Waals surface area contributed by atoms with Crippen molar-refractivity contribution < 1.29 is 18.8 Å². The molecule has 2 rings (SSSR count). The van der Waals surface area contributed by atoms with E-state index in [0.29, 0.717) is 5.56 Å². The lowest BCUT2D eigenvalue weighted by Gasteiger charge is -2.08. The van der Waals surface area contributed by atoms with Crippen molar-refractivity contribution in [1.82, 2.24) is 0 Å². The number of benzene rings is 2. The van der Waals surface area contributed by atoms with Crippen LogP contribution in [0.15, 0.2) is 36.4 Å². The zero-order chi connectivity index (χ0) is 16.3. The summed E-state index contributed by atoms with van der Waals surface area (Å²) in [6, 6.07) is 8.38. The SMILES string of the molecule is Cc1cccc(C(=O)OCc2c(F)cccc2Cl)c1[N+](=O)[O-]. The monoisotopic (exact) mass is 323 g/mol. The molecular formula is C15H11ClFNO4. The molecule has 5 nitrogen and oxygen atoms in total. The molecule has 7 heteroatoms. The average molecular weight is 324 g/mol. The lowest BCUT2D eigenvalue weighted by atomic mass is 10.1. The summed E-state index contributed by atoms with van der Waals surface area (Å²) in [5, 5.41) is 11.2. The first-order chi connectivity index (χ1) is 10.4. The first-order valence-corrected chi connectivity index (χ1v) is 6.63. The van der Waals surface area contributed by atoms with Gasteiger partial charge in [0.2, 0.25) is 0 Å². The number of carbonyl (C=O) groups excluding carboxylic acids is 1. The summed E-state index contributed by atoms with van der Waals surface area (Å²) >= 11 is 5.83. The molecule has 0 spiro atoms. The van der Waals surface area contributed by atoms with Gasteiger partial charge in [0.25, 0.3) is 5.69 Å². The molecule has 0 aromatic heterocycles. The minimum Gasteiger partial charge on any atom is -0.457 e. The Morgan fingerprint density at radius 2 is 2.00 bits per heavy atom. The number of rotatable bonds is 4. The van der Waals surface area contributed by atoms with Crippen LogP contribution < -0.4 is 0 Å². The minimum atomic E-state index is -0.908. The van der Waals surface area contributed by atoms with Crippen molar-refractivity contribution in [3.8, 4) is 0 Å². The number of nitro benzene ring substituents is 1. The van der Waals surface area contributed by atoms with Crippen LogP contribution in [0.5, 0.6) is 0 Å². The molecule has 0 unspecified atom stereocenters. The van der Waals surface area contributed by atoms with Gasteiger partial charge in [-0.1, -0.05) is 29.8 Å². The maximum absolute atomic E-state index is 13.6. The number of hydrogen-bond donors (Lipinski definition) is 0. The van der Waals surface area contributed by atoms with Crippen molar-refractivity contribution in [2.24, 2.45) is 0 Å². The third-order valence-corrected chi connectivity index (χ3v) is 3.40. The van der Waals surface area contributed by atoms with Gasteiger partial charge >= 0.3 is 5.97 Å². The predicted octanol–water partition coefficient (Wildman–Crippen LogP) is 4.05. The highest BCUT2D eigenvalue weighted by Gasteiger charge is 2.24. The Balaban J connectivity index is 2.24. The van der Waals surface area contributed by atoms with E-state index in [0.717, 1.165) is 0 Å². The van der Waals surface area contributed by atoms with Crippen LogP contribution in [-0.2, 0) is 11.3 Å². The quantitative estimate of drug-likeness (QED) is 0.483. The Morgan fingerprint density at radius 3 is 2.64 bits per heavy atom. The van der Waals surface area contributed by atoms with Gasteiger partial charge in [-0.3, -0.25) is 10.1 Å². The summed E-state index contributed by atoms with van der Waals surface area (Å²) in [6.45, 7) is 1.11. The molecule has 0 radical (unpaired) electrons. The summed E-state index contributed by atoms with van der Waals surface area (Å²) in [6.07, 6.45) is 0. The van der Waals surface area contributed by atoms with Gasteiger partial charge in [-0.2, -0.15) is 0 Å². The van der Waals surface area contributed by atoms with Gasteiger partial charge in [-0.15, -0.1) is 0 Å². The number of ether oxygens (including phenoxy) is 1. The third kappa shape index (κ3) is 3.23. The van der Waals surface area contributed by atoms with Crippen LogP contribution in [0.3, 0.4) is 0 Å². The Hall–Kier alpha value is -2.47. The number of aryl methyl sites for hydroxylation is 1. The molecule has 2 aromatic carbocycles. The van der Waals surface area contributed by atoms with Gasteiger partial charge in [-0.05, 0) is 25.1 Å². The summed E-state index contributed by atoms with van der Waals surface area (Å²) in [4.78, 5) is 22.4. The highest BCUT2D eigenvalue weighted by atomic mass is 35.5. The minimum absolute atomic E-state index is 0.0211. The van der Waals surface area contributed by atoms with Crippen molar-refractivity contribution in [1.29, 1.82) is 0 Å². The van der Waals surface area contributed by atoms with E-state index in [1.807, 2.05) is 0 Å². The van der Waals surface area contributed by atoms with E-state index >= 15 is 0 Å². The molecule has 22 heavy (non-hydrogen) atoms. The van der Waals surface area contributed by atoms with Crippen LogP contribution >= 0.6 is 11.6 Å². The predicted molar refractivity (Wildman–Crippen MR) is 78.4 cm³/mol. The molecule has 0 N–H and O–H groups in total. The van der Waals surface area contributed by atoms with Crippen LogP contribution in [0, 0.1) is 22.9 Å². The van der Waals surface area contributed by atoms with Gasteiger partial charge in [0.1, 0.15) is 18.0 Å². The fourth-order valence-corrected chi connectivity index (χ4v) is 2.17. The Bertz CT molecular complexity index is 728. The van der Waals surface area contributed by atoms with Crippen molar-refractivity contribution in [3.63, 3.8) is 0 Å². The van der Waals surface area contributed by atoms with Crippen LogP contribution in [0.2, 0.25) is 5.02 Å². The molecule has 0 fully saturated rings. The van der Waals surface area contributed by atoms with Gasteiger partial charge in [0.15, 0.2) is 0 Å². The second-order valence-corrected chi connectivity index (χ2v) is 4.91. The zero-order valence-electron chi connectivity index (χ0n) is 11.5. The van der Waals surface area contributed by atoms with Gasteiger partial charge < -0.3 is 4.74 Å². The molecule has 0 aliphatic rings. The number of nitrogens with zero attached hydrogens (tertiary/aromatic N) is 1. The zero-order valence-corrected chi connectivity index (χ0v) is 12.3. The maximum atomic E-state index is 13.6. The van der Waals surface area contributed by atoms with E-state index < -0.39 is 23.3 Å². The molecule has 114 valence electrons. The molecule has 0 amide bonds. The highest BCUT2D eigenvalue weighted by molar-refractivity contribution is 6.31. The second kappa shape index (κ2) is 6.53. The summed E-state index contributed by atoms with van der Waals surface area (Å²) in [5.74, 6) is -1.52. The molecule has 0 saturated heterocycles.